The van der Waals surface area contributed by atoms with Crippen molar-refractivity contribution in [2.75, 3.05) is 34.0 Å². The van der Waals surface area contributed by atoms with Crippen molar-refractivity contribution >= 4 is 17.7 Å². The van der Waals surface area contributed by atoms with E-state index in [1.54, 1.807) is 26.5 Å². The highest BCUT2D eigenvalue weighted by molar-refractivity contribution is 7.97. The quantitative estimate of drug-likeness (QED) is 0.485. The third kappa shape index (κ3) is 4.63. The van der Waals surface area contributed by atoms with E-state index in [1.807, 2.05) is 11.5 Å². The lowest BCUT2D eigenvalue weighted by Gasteiger charge is -2.35. The van der Waals surface area contributed by atoms with Gasteiger partial charge in [0.25, 0.3) is 0 Å². The first-order valence-electron chi connectivity index (χ1n) is 10.1. The van der Waals surface area contributed by atoms with E-state index in [0.29, 0.717) is 19.8 Å². The van der Waals surface area contributed by atoms with Crippen LogP contribution in [0.3, 0.4) is 0 Å². The maximum atomic E-state index is 12.6. The predicted octanol–water partition coefficient (Wildman–Crippen LogP) is 3.69. The van der Waals surface area contributed by atoms with Gasteiger partial charge >= 0.3 is 0 Å². The Kier molecular flexibility index (Phi) is 7.39. The van der Waals surface area contributed by atoms with Crippen LogP contribution in [0.15, 0.2) is 29.2 Å². The number of methoxy groups -OCH3 is 2. The number of fused-ring (bicyclic) bond motifs is 3. The lowest BCUT2D eigenvalue weighted by Crippen LogP contribution is -2.30. The lowest BCUT2D eigenvalue weighted by molar-refractivity contribution is 0.108. The smallest absolute Gasteiger partial charge is 0.221 e. The van der Waals surface area contributed by atoms with Crippen molar-refractivity contribution < 1.29 is 19.0 Å². The maximum Gasteiger partial charge on any atom is 0.221 e. The van der Waals surface area contributed by atoms with Crippen LogP contribution in [0, 0.1) is 12.8 Å². The van der Waals surface area contributed by atoms with Gasteiger partial charge in [-0.25, -0.2) is 0 Å². The van der Waals surface area contributed by atoms with Gasteiger partial charge in [-0.05, 0) is 36.6 Å². The minimum Gasteiger partial charge on any atom is -0.493 e. The fraction of sp³-hybridized carbons (Fsp3) is 0.478. The number of rotatable bonds is 9. The molecule has 7 heteroatoms. The number of aromatic nitrogens is 1. The highest BCUT2D eigenvalue weighted by Crippen LogP contribution is 2.40. The molecule has 0 fully saturated rings. The van der Waals surface area contributed by atoms with Gasteiger partial charge in [-0.15, -0.1) is 12.6 Å². The number of aryl methyl sites for hydroxylation is 1. The summed E-state index contributed by atoms with van der Waals surface area (Å²) in [7, 11) is 3.36. The summed E-state index contributed by atoms with van der Waals surface area (Å²) in [6.07, 6.45) is 3.22. The molecule has 1 aromatic heterocycles. The van der Waals surface area contributed by atoms with E-state index >= 15 is 0 Å². The Morgan fingerprint density at radius 1 is 1.23 bits per heavy atom. The van der Waals surface area contributed by atoms with Gasteiger partial charge in [0.05, 0.1) is 24.5 Å². The highest BCUT2D eigenvalue weighted by atomic mass is 32.1. The second-order valence-corrected chi connectivity index (χ2v) is 8.23. The molecule has 3 rings (SSSR count). The minimum absolute atomic E-state index is 0.0449. The van der Waals surface area contributed by atoms with E-state index < -0.39 is 5.12 Å². The largest absolute Gasteiger partial charge is 0.493 e. The zero-order valence-electron chi connectivity index (χ0n) is 17.9. The topological polar surface area (TPSA) is 66.8 Å². The molecule has 30 heavy (non-hydrogen) atoms. The average Bonchev–Trinajstić information content (AvgIpc) is 2.70. The van der Waals surface area contributed by atoms with E-state index in [0.717, 1.165) is 41.0 Å². The summed E-state index contributed by atoms with van der Waals surface area (Å²) in [5.74, 6) is 1.03. The predicted molar refractivity (Wildman–Crippen MR) is 120 cm³/mol. The van der Waals surface area contributed by atoms with E-state index in [9.17, 15) is 9.59 Å². The van der Waals surface area contributed by atoms with E-state index in [2.05, 4.69) is 31.7 Å². The maximum absolute atomic E-state index is 12.6. The fourth-order valence-electron chi connectivity index (χ4n) is 4.05. The average molecular weight is 432 g/mol. The molecular formula is C23H29NO5S. The monoisotopic (exact) mass is 431 g/mol. The number of benzene rings is 1. The number of hydrogen-bond acceptors (Lipinski definition) is 5. The molecule has 0 saturated heterocycles. The number of hydrogen-bond donors (Lipinski definition) is 1. The summed E-state index contributed by atoms with van der Waals surface area (Å²) in [6.45, 7) is 5.92. The number of carbonyl (C=O) groups is 1. The van der Waals surface area contributed by atoms with Crippen LogP contribution in [0.1, 0.15) is 40.9 Å². The van der Waals surface area contributed by atoms with Crippen LogP contribution in [0.5, 0.6) is 5.75 Å². The number of nitrogens with zero attached hydrogens (tertiary/aromatic N) is 1. The first-order valence-corrected chi connectivity index (χ1v) is 10.6. The molecule has 0 amide bonds. The summed E-state index contributed by atoms with van der Waals surface area (Å²) in [5, 5.41) is -0.518. The van der Waals surface area contributed by atoms with E-state index in [4.69, 9.17) is 14.2 Å². The van der Waals surface area contributed by atoms with Gasteiger partial charge in [-0.1, -0.05) is 6.92 Å². The van der Waals surface area contributed by atoms with Crippen molar-refractivity contribution in [3.63, 3.8) is 0 Å². The molecule has 0 bridgehead atoms. The SMILES string of the molecule is COCCCOc1cc2c(cc1C)-c1cc(=O)c(C(=O)S)cn1[C@H](C(C)COC)C2. The van der Waals surface area contributed by atoms with Gasteiger partial charge in [0.1, 0.15) is 5.75 Å². The molecule has 1 aliphatic rings. The third-order valence-electron chi connectivity index (χ3n) is 5.61. The van der Waals surface area contributed by atoms with E-state index in [-0.39, 0.29) is 23.0 Å². The normalized spacial score (nSPS) is 16.0. The number of ether oxygens (including phenoxy) is 3. The second-order valence-electron chi connectivity index (χ2n) is 7.82. The molecule has 2 atom stereocenters. The minimum atomic E-state index is -0.518. The van der Waals surface area contributed by atoms with Crippen LogP contribution in [0.4, 0.5) is 0 Å². The molecule has 1 unspecified atom stereocenters. The molecule has 0 radical (unpaired) electrons. The van der Waals surface area contributed by atoms with Crippen LogP contribution >= 0.6 is 12.6 Å². The summed E-state index contributed by atoms with van der Waals surface area (Å²) in [6, 6.07) is 5.73. The van der Waals surface area contributed by atoms with Crippen LogP contribution < -0.4 is 10.2 Å². The molecule has 0 N–H and O–H groups in total. The van der Waals surface area contributed by atoms with Crippen molar-refractivity contribution in [3.05, 3.63) is 51.3 Å². The zero-order chi connectivity index (χ0) is 21.8. The van der Waals surface area contributed by atoms with E-state index in [1.165, 1.54) is 0 Å². The molecule has 162 valence electrons. The lowest BCUT2D eigenvalue weighted by atomic mass is 9.86. The Balaban J connectivity index is 2.07. The van der Waals surface area contributed by atoms with Gasteiger partial charge < -0.3 is 18.8 Å². The Bertz CT molecular complexity index is 984. The zero-order valence-corrected chi connectivity index (χ0v) is 18.8. The van der Waals surface area contributed by atoms with Crippen molar-refractivity contribution in [1.29, 1.82) is 0 Å². The first kappa shape index (κ1) is 22.6. The van der Waals surface area contributed by atoms with Crippen molar-refractivity contribution in [2.45, 2.75) is 32.7 Å². The number of carbonyl (C=O) groups excluding carboxylic acids is 1. The third-order valence-corrected chi connectivity index (χ3v) is 5.85. The molecule has 6 nitrogen and oxygen atoms in total. The molecule has 0 spiro atoms. The van der Waals surface area contributed by atoms with Gasteiger partial charge in [0.2, 0.25) is 5.12 Å². The van der Waals surface area contributed by atoms with Gasteiger partial charge in [-0.2, -0.15) is 0 Å². The van der Waals surface area contributed by atoms with Gasteiger partial charge in [0, 0.05) is 57.0 Å². The van der Waals surface area contributed by atoms with Crippen LogP contribution in [-0.2, 0) is 15.9 Å². The Morgan fingerprint density at radius 2 is 2.00 bits per heavy atom. The molecule has 2 heterocycles. The van der Waals surface area contributed by atoms with Crippen molar-refractivity contribution in [2.24, 2.45) is 5.92 Å². The van der Waals surface area contributed by atoms with Crippen LogP contribution in [0.2, 0.25) is 0 Å². The Hall–Kier alpha value is -2.09. The fourth-order valence-corrected chi connectivity index (χ4v) is 4.22. The highest BCUT2D eigenvalue weighted by Gasteiger charge is 2.30. The molecule has 0 saturated carbocycles. The van der Waals surface area contributed by atoms with Crippen molar-refractivity contribution in [3.8, 4) is 17.0 Å². The number of thiol groups is 1. The second kappa shape index (κ2) is 9.81. The first-order chi connectivity index (χ1) is 14.4. The summed E-state index contributed by atoms with van der Waals surface area (Å²) in [5.41, 5.74) is 3.71. The molecule has 1 aromatic carbocycles. The summed E-state index contributed by atoms with van der Waals surface area (Å²) < 4.78 is 18.5. The standard InChI is InChI=1S/C23H29NO5S/c1-14-8-17-16(10-22(14)29-7-5-6-27-3)9-19(15(2)13-28-4)24-12-18(23(26)30)21(25)11-20(17)24/h8,10-12,15,19H,5-7,9,13H2,1-4H3,(H,26,30)/t15?,19-/m0/s1. The molecule has 1 aliphatic heterocycles. The van der Waals surface area contributed by atoms with Gasteiger partial charge in [0.15, 0.2) is 5.43 Å². The van der Waals surface area contributed by atoms with Crippen LogP contribution in [-0.4, -0.2) is 43.7 Å². The molecular weight excluding hydrogens is 402 g/mol. The molecule has 0 aliphatic carbocycles. The summed E-state index contributed by atoms with van der Waals surface area (Å²) >= 11 is 3.88. The van der Waals surface area contributed by atoms with Crippen molar-refractivity contribution in [1.82, 2.24) is 4.57 Å². The Morgan fingerprint density at radius 3 is 2.67 bits per heavy atom. The molecule has 2 aromatic rings. The number of pyridine rings is 1. The van der Waals surface area contributed by atoms with Crippen LogP contribution in [0.25, 0.3) is 11.3 Å². The van der Waals surface area contributed by atoms with Gasteiger partial charge in [-0.3, -0.25) is 9.59 Å². The summed E-state index contributed by atoms with van der Waals surface area (Å²) in [4.78, 5) is 24.4. The Labute approximate surface area is 182 Å².